The number of aliphatic hydroxyl groups is 1. The van der Waals surface area contributed by atoms with Crippen LogP contribution in [0.4, 0.5) is 5.69 Å². The van der Waals surface area contributed by atoms with Gasteiger partial charge in [0.25, 0.3) is 0 Å². The summed E-state index contributed by atoms with van der Waals surface area (Å²) in [7, 11) is 0. The molecule has 1 aliphatic rings. The summed E-state index contributed by atoms with van der Waals surface area (Å²) in [5.74, 6) is 0.0449. The molecular formula is C15H22N2O2. The van der Waals surface area contributed by atoms with E-state index in [-0.39, 0.29) is 5.91 Å². The van der Waals surface area contributed by atoms with Gasteiger partial charge in [0.2, 0.25) is 5.91 Å². The van der Waals surface area contributed by atoms with Gasteiger partial charge in [0.15, 0.2) is 0 Å². The number of hydrogen-bond acceptors (Lipinski definition) is 3. The van der Waals surface area contributed by atoms with E-state index in [4.69, 9.17) is 0 Å². The Balaban J connectivity index is 1.70. The number of nitrogens with one attached hydrogen (secondary N) is 1. The van der Waals surface area contributed by atoms with E-state index in [2.05, 4.69) is 10.2 Å². The number of amides is 1. The van der Waals surface area contributed by atoms with Crippen LogP contribution in [0.5, 0.6) is 0 Å². The molecule has 1 aliphatic heterocycles. The lowest BCUT2D eigenvalue weighted by Crippen LogP contribution is -2.43. The Bertz CT molecular complexity index is 407. The number of nitrogens with zero attached hydrogens (tertiary/aromatic N) is 1. The summed E-state index contributed by atoms with van der Waals surface area (Å²) in [5.41, 5.74) is 0.317. The molecule has 0 unspecified atom stereocenters. The van der Waals surface area contributed by atoms with Crippen molar-refractivity contribution >= 4 is 11.6 Å². The van der Waals surface area contributed by atoms with Crippen molar-refractivity contribution in [1.29, 1.82) is 0 Å². The summed E-state index contributed by atoms with van der Waals surface area (Å²) in [6.45, 7) is 4.37. The molecule has 2 rings (SSSR count). The monoisotopic (exact) mass is 262 g/mol. The maximum atomic E-state index is 11.8. The lowest BCUT2D eigenvalue weighted by Gasteiger charge is -2.35. The van der Waals surface area contributed by atoms with Crippen LogP contribution in [0.2, 0.25) is 0 Å². The highest BCUT2D eigenvalue weighted by Gasteiger charge is 2.27. The van der Waals surface area contributed by atoms with Gasteiger partial charge in [-0.2, -0.15) is 0 Å². The predicted molar refractivity (Wildman–Crippen MR) is 76.0 cm³/mol. The van der Waals surface area contributed by atoms with E-state index >= 15 is 0 Å². The van der Waals surface area contributed by atoms with Crippen molar-refractivity contribution in [2.24, 2.45) is 0 Å². The molecule has 0 spiro atoms. The van der Waals surface area contributed by atoms with Crippen LogP contribution < -0.4 is 5.32 Å². The molecule has 0 bridgehead atoms. The van der Waals surface area contributed by atoms with Gasteiger partial charge >= 0.3 is 0 Å². The highest BCUT2D eigenvalue weighted by molar-refractivity contribution is 5.90. The minimum Gasteiger partial charge on any atom is -0.390 e. The van der Waals surface area contributed by atoms with E-state index in [1.165, 1.54) is 0 Å². The number of likely N-dealkylation sites (tertiary alicyclic amines) is 1. The first-order chi connectivity index (χ1) is 9.05. The van der Waals surface area contributed by atoms with Crippen molar-refractivity contribution in [3.05, 3.63) is 30.3 Å². The topological polar surface area (TPSA) is 52.6 Å². The van der Waals surface area contributed by atoms with Gasteiger partial charge in [-0.3, -0.25) is 4.79 Å². The Kier molecular flexibility index (Phi) is 4.56. The third-order valence-electron chi connectivity index (χ3n) is 3.65. The van der Waals surface area contributed by atoms with E-state index < -0.39 is 5.60 Å². The third kappa shape index (κ3) is 4.65. The lowest BCUT2D eigenvalue weighted by atomic mass is 9.94. The summed E-state index contributed by atoms with van der Waals surface area (Å²) >= 11 is 0. The van der Waals surface area contributed by atoms with Gasteiger partial charge in [0.1, 0.15) is 0 Å². The molecule has 1 aromatic carbocycles. The predicted octanol–water partition coefficient (Wildman–Crippen LogP) is 1.86. The molecule has 19 heavy (non-hydrogen) atoms. The number of rotatable bonds is 4. The van der Waals surface area contributed by atoms with Gasteiger partial charge in [0, 0.05) is 31.7 Å². The quantitative estimate of drug-likeness (QED) is 0.871. The van der Waals surface area contributed by atoms with Crippen molar-refractivity contribution in [1.82, 2.24) is 4.90 Å². The first-order valence-electron chi connectivity index (χ1n) is 6.85. The molecule has 1 aromatic rings. The summed E-state index contributed by atoms with van der Waals surface area (Å²) in [5, 5.41) is 12.7. The molecule has 0 saturated carbocycles. The summed E-state index contributed by atoms with van der Waals surface area (Å²) in [6, 6.07) is 9.51. The molecule has 0 radical (unpaired) electrons. The van der Waals surface area contributed by atoms with Crippen molar-refractivity contribution in [2.45, 2.75) is 31.8 Å². The Hall–Kier alpha value is -1.39. The number of carbonyl (C=O) groups excluding carboxylic acids is 1. The Morgan fingerprint density at radius 2 is 1.95 bits per heavy atom. The molecular weight excluding hydrogens is 240 g/mol. The van der Waals surface area contributed by atoms with E-state index in [1.54, 1.807) is 0 Å². The lowest BCUT2D eigenvalue weighted by molar-refractivity contribution is -0.116. The van der Waals surface area contributed by atoms with Gasteiger partial charge < -0.3 is 15.3 Å². The Labute approximate surface area is 114 Å². The number of hydrogen-bond donors (Lipinski definition) is 2. The molecule has 1 amide bonds. The highest BCUT2D eigenvalue weighted by Crippen LogP contribution is 2.21. The van der Waals surface area contributed by atoms with Crippen LogP contribution in [0.3, 0.4) is 0 Å². The maximum absolute atomic E-state index is 11.8. The van der Waals surface area contributed by atoms with E-state index in [0.717, 1.165) is 38.2 Å². The average molecular weight is 262 g/mol. The number of anilines is 1. The Morgan fingerprint density at radius 3 is 2.58 bits per heavy atom. The zero-order valence-electron chi connectivity index (χ0n) is 11.4. The molecule has 4 nitrogen and oxygen atoms in total. The van der Waals surface area contributed by atoms with Gasteiger partial charge in [-0.05, 0) is 31.9 Å². The summed E-state index contributed by atoms with van der Waals surface area (Å²) in [4.78, 5) is 14.0. The fourth-order valence-electron chi connectivity index (χ4n) is 2.26. The van der Waals surface area contributed by atoms with Crippen LogP contribution in [-0.4, -0.2) is 41.1 Å². The molecule has 1 heterocycles. The van der Waals surface area contributed by atoms with Crippen molar-refractivity contribution < 1.29 is 9.90 Å². The van der Waals surface area contributed by atoms with Gasteiger partial charge in [-0.15, -0.1) is 0 Å². The van der Waals surface area contributed by atoms with E-state index in [9.17, 15) is 9.90 Å². The summed E-state index contributed by atoms with van der Waals surface area (Å²) < 4.78 is 0. The molecule has 0 aliphatic carbocycles. The molecule has 104 valence electrons. The number of piperidine rings is 1. The minimum absolute atomic E-state index is 0.0449. The molecule has 1 fully saturated rings. The molecule has 0 aromatic heterocycles. The largest absolute Gasteiger partial charge is 0.390 e. The molecule has 4 heteroatoms. The second-order valence-electron chi connectivity index (χ2n) is 5.50. The van der Waals surface area contributed by atoms with Crippen LogP contribution in [-0.2, 0) is 4.79 Å². The van der Waals surface area contributed by atoms with Gasteiger partial charge in [0.05, 0.1) is 5.60 Å². The molecule has 0 atom stereocenters. The standard InChI is InChI=1S/C15H22N2O2/c1-15(19)8-11-17(12-9-15)10-7-14(18)16-13-5-3-2-4-6-13/h2-6,19H,7-12H2,1H3,(H,16,18). The van der Waals surface area contributed by atoms with Crippen molar-refractivity contribution in [2.75, 3.05) is 25.0 Å². The van der Waals surface area contributed by atoms with E-state index in [1.807, 2.05) is 37.3 Å². The fourth-order valence-corrected chi connectivity index (χ4v) is 2.26. The minimum atomic E-state index is -0.525. The number of benzene rings is 1. The highest BCUT2D eigenvalue weighted by atomic mass is 16.3. The van der Waals surface area contributed by atoms with Gasteiger partial charge in [-0.1, -0.05) is 18.2 Å². The smallest absolute Gasteiger partial charge is 0.225 e. The first-order valence-corrected chi connectivity index (χ1v) is 6.85. The van der Waals surface area contributed by atoms with E-state index in [0.29, 0.717) is 6.42 Å². The van der Waals surface area contributed by atoms with Crippen molar-refractivity contribution in [3.63, 3.8) is 0 Å². The van der Waals surface area contributed by atoms with Crippen LogP contribution >= 0.6 is 0 Å². The zero-order valence-corrected chi connectivity index (χ0v) is 11.4. The third-order valence-corrected chi connectivity index (χ3v) is 3.65. The fraction of sp³-hybridized carbons (Fsp3) is 0.533. The first kappa shape index (κ1) is 14.0. The van der Waals surface area contributed by atoms with Crippen LogP contribution in [0.15, 0.2) is 30.3 Å². The summed E-state index contributed by atoms with van der Waals surface area (Å²) in [6.07, 6.45) is 2.07. The second-order valence-corrected chi connectivity index (χ2v) is 5.50. The second kappa shape index (κ2) is 6.17. The number of para-hydroxylation sites is 1. The van der Waals surface area contributed by atoms with Crippen LogP contribution in [0, 0.1) is 0 Å². The van der Waals surface area contributed by atoms with Crippen LogP contribution in [0.25, 0.3) is 0 Å². The average Bonchev–Trinajstić information content (AvgIpc) is 2.39. The van der Waals surface area contributed by atoms with Crippen LogP contribution in [0.1, 0.15) is 26.2 Å². The van der Waals surface area contributed by atoms with Crippen molar-refractivity contribution in [3.8, 4) is 0 Å². The normalized spacial score (nSPS) is 19.1. The Morgan fingerprint density at radius 1 is 1.32 bits per heavy atom. The molecule has 1 saturated heterocycles. The number of carbonyl (C=O) groups is 1. The zero-order chi connectivity index (χ0) is 13.7. The SMILES string of the molecule is CC1(O)CCN(CCC(=O)Nc2ccccc2)CC1. The maximum Gasteiger partial charge on any atom is 0.225 e. The van der Waals surface area contributed by atoms with Gasteiger partial charge in [-0.25, -0.2) is 0 Å². The molecule has 2 N–H and O–H groups in total.